The Balaban J connectivity index is 1.88. The van der Waals surface area contributed by atoms with Gasteiger partial charge in [-0.15, -0.1) is 0 Å². The van der Waals surface area contributed by atoms with Gasteiger partial charge in [0.15, 0.2) is 0 Å². The molecule has 0 saturated heterocycles. The van der Waals surface area contributed by atoms with E-state index in [-0.39, 0.29) is 0 Å². The fourth-order valence-corrected chi connectivity index (χ4v) is 1.98. The van der Waals surface area contributed by atoms with Gasteiger partial charge in [-0.05, 0) is 30.3 Å². The van der Waals surface area contributed by atoms with E-state index in [1.54, 1.807) is 31.9 Å². The molecular weight excluding hydrogens is 264 g/mol. The molecule has 2 heterocycles. The monoisotopic (exact) mass is 278 g/mol. The van der Waals surface area contributed by atoms with Crippen molar-refractivity contribution in [2.45, 2.75) is 0 Å². The van der Waals surface area contributed by atoms with Crippen molar-refractivity contribution in [1.29, 1.82) is 0 Å². The zero-order valence-electron chi connectivity index (χ0n) is 11.5. The molecule has 0 saturated carbocycles. The molecule has 21 heavy (non-hydrogen) atoms. The number of rotatable bonds is 4. The van der Waals surface area contributed by atoms with Gasteiger partial charge in [0.05, 0.1) is 24.5 Å². The van der Waals surface area contributed by atoms with Gasteiger partial charge in [0, 0.05) is 29.5 Å². The number of benzene rings is 1. The van der Waals surface area contributed by atoms with Crippen LogP contribution in [0, 0.1) is 0 Å². The summed E-state index contributed by atoms with van der Waals surface area (Å²) in [5, 5.41) is 5.19. The third-order valence-electron chi connectivity index (χ3n) is 3.03. The average molecular weight is 278 g/mol. The second kappa shape index (κ2) is 6.00. The predicted octanol–water partition coefficient (Wildman–Crippen LogP) is 3.08. The Kier molecular flexibility index (Phi) is 3.73. The van der Waals surface area contributed by atoms with Gasteiger partial charge in [-0.1, -0.05) is 6.07 Å². The highest BCUT2D eigenvalue weighted by Gasteiger charge is 2.02. The third-order valence-corrected chi connectivity index (χ3v) is 3.03. The summed E-state index contributed by atoms with van der Waals surface area (Å²) < 4.78 is 5.25. The first-order valence-corrected chi connectivity index (χ1v) is 6.49. The molecule has 0 spiro atoms. The number of hydrogen-bond donors (Lipinski definition) is 1. The van der Waals surface area contributed by atoms with Crippen molar-refractivity contribution in [3.05, 3.63) is 60.6 Å². The lowest BCUT2D eigenvalue weighted by atomic mass is 10.2. The normalized spacial score (nSPS) is 10.9. The van der Waals surface area contributed by atoms with Crippen molar-refractivity contribution in [2.75, 3.05) is 12.5 Å². The van der Waals surface area contributed by atoms with Crippen LogP contribution in [0.5, 0.6) is 5.75 Å². The number of nitrogens with one attached hydrogen (secondary N) is 1. The van der Waals surface area contributed by atoms with Crippen LogP contribution in [0.2, 0.25) is 0 Å². The van der Waals surface area contributed by atoms with Crippen molar-refractivity contribution >= 4 is 22.8 Å². The summed E-state index contributed by atoms with van der Waals surface area (Å²) in [7, 11) is 1.64. The van der Waals surface area contributed by atoms with Crippen LogP contribution in [0.3, 0.4) is 0 Å². The molecule has 0 fully saturated rings. The molecule has 0 bridgehead atoms. The summed E-state index contributed by atoms with van der Waals surface area (Å²) in [5.74, 6) is 0.787. The summed E-state index contributed by atoms with van der Waals surface area (Å²) in [4.78, 5) is 8.36. The fourth-order valence-electron chi connectivity index (χ4n) is 1.98. The molecule has 0 aliphatic rings. The number of anilines is 1. The summed E-state index contributed by atoms with van der Waals surface area (Å²) in [6.07, 6.45) is 6.95. The minimum absolute atomic E-state index is 0.787. The lowest BCUT2D eigenvalue weighted by Gasteiger charge is -2.06. The molecule has 1 N–H and O–H groups in total. The van der Waals surface area contributed by atoms with Crippen LogP contribution in [0.1, 0.15) is 5.56 Å². The molecule has 5 heteroatoms. The van der Waals surface area contributed by atoms with E-state index >= 15 is 0 Å². The minimum Gasteiger partial charge on any atom is -0.497 e. The molecule has 0 unspecified atom stereocenters. The van der Waals surface area contributed by atoms with Crippen molar-refractivity contribution in [3.63, 3.8) is 0 Å². The number of aromatic nitrogens is 2. The number of nitrogens with zero attached hydrogens (tertiary/aromatic N) is 3. The second-order valence-electron chi connectivity index (χ2n) is 4.40. The smallest absolute Gasteiger partial charge is 0.119 e. The van der Waals surface area contributed by atoms with Crippen LogP contribution in [-0.4, -0.2) is 23.3 Å². The molecule has 104 valence electrons. The van der Waals surface area contributed by atoms with E-state index < -0.39 is 0 Å². The zero-order chi connectivity index (χ0) is 14.5. The Labute approximate surface area is 122 Å². The SMILES string of the molecule is COc1ccc2nccc(N/N=C/c3cccnc3)c2c1. The number of hydrogen-bond acceptors (Lipinski definition) is 5. The highest BCUT2D eigenvalue weighted by Crippen LogP contribution is 2.25. The predicted molar refractivity (Wildman–Crippen MR) is 83.7 cm³/mol. The van der Waals surface area contributed by atoms with Crippen molar-refractivity contribution in [2.24, 2.45) is 5.10 Å². The molecule has 0 atom stereocenters. The van der Waals surface area contributed by atoms with Crippen LogP contribution >= 0.6 is 0 Å². The highest BCUT2D eigenvalue weighted by atomic mass is 16.5. The zero-order valence-corrected chi connectivity index (χ0v) is 11.5. The van der Waals surface area contributed by atoms with Crippen LogP contribution in [0.15, 0.2) is 60.1 Å². The first-order chi connectivity index (χ1) is 10.4. The van der Waals surface area contributed by atoms with Gasteiger partial charge in [0.2, 0.25) is 0 Å². The number of pyridine rings is 2. The van der Waals surface area contributed by atoms with E-state index in [0.717, 1.165) is 27.9 Å². The topological polar surface area (TPSA) is 59.4 Å². The van der Waals surface area contributed by atoms with Crippen LogP contribution < -0.4 is 10.2 Å². The van der Waals surface area contributed by atoms with E-state index in [2.05, 4.69) is 20.5 Å². The standard InChI is InChI=1S/C16H14N4O/c1-21-13-4-5-15-14(9-13)16(6-8-18-15)20-19-11-12-3-2-7-17-10-12/h2-11H,1H3,(H,18,20)/b19-11+. The van der Waals surface area contributed by atoms with Crippen molar-refractivity contribution in [1.82, 2.24) is 9.97 Å². The number of hydrazone groups is 1. The highest BCUT2D eigenvalue weighted by molar-refractivity contribution is 5.92. The van der Waals surface area contributed by atoms with E-state index in [1.165, 1.54) is 0 Å². The Morgan fingerprint density at radius 3 is 2.95 bits per heavy atom. The first-order valence-electron chi connectivity index (χ1n) is 6.49. The van der Waals surface area contributed by atoms with E-state index in [9.17, 15) is 0 Å². The van der Waals surface area contributed by atoms with Crippen LogP contribution in [-0.2, 0) is 0 Å². The quantitative estimate of drug-likeness (QED) is 0.588. The fraction of sp³-hybridized carbons (Fsp3) is 0.0625. The molecular formula is C16H14N4O. The van der Waals surface area contributed by atoms with Crippen LogP contribution in [0.4, 0.5) is 5.69 Å². The number of fused-ring (bicyclic) bond motifs is 1. The minimum atomic E-state index is 0.787. The van der Waals surface area contributed by atoms with Crippen LogP contribution in [0.25, 0.3) is 10.9 Å². The Morgan fingerprint density at radius 1 is 1.19 bits per heavy atom. The van der Waals surface area contributed by atoms with Crippen molar-refractivity contribution in [3.8, 4) is 5.75 Å². The van der Waals surface area contributed by atoms with Gasteiger partial charge >= 0.3 is 0 Å². The largest absolute Gasteiger partial charge is 0.497 e. The summed E-state index contributed by atoms with van der Waals surface area (Å²) >= 11 is 0. The maximum atomic E-state index is 5.25. The van der Waals surface area contributed by atoms with Gasteiger partial charge in [-0.3, -0.25) is 15.4 Å². The average Bonchev–Trinajstić information content (AvgIpc) is 2.55. The van der Waals surface area contributed by atoms with Gasteiger partial charge in [0.25, 0.3) is 0 Å². The van der Waals surface area contributed by atoms with E-state index in [1.807, 2.05) is 36.4 Å². The molecule has 5 nitrogen and oxygen atoms in total. The lowest BCUT2D eigenvalue weighted by molar-refractivity contribution is 0.415. The molecule has 3 rings (SSSR count). The van der Waals surface area contributed by atoms with Gasteiger partial charge in [-0.25, -0.2) is 0 Å². The molecule has 2 aromatic heterocycles. The maximum absolute atomic E-state index is 5.25. The van der Waals surface area contributed by atoms with Gasteiger partial charge in [-0.2, -0.15) is 5.10 Å². The van der Waals surface area contributed by atoms with Crippen molar-refractivity contribution < 1.29 is 4.74 Å². The summed E-state index contributed by atoms with van der Waals surface area (Å²) in [5.41, 5.74) is 5.73. The molecule has 0 radical (unpaired) electrons. The first kappa shape index (κ1) is 13.1. The molecule has 0 aliphatic carbocycles. The number of methoxy groups -OCH3 is 1. The van der Waals surface area contributed by atoms with E-state index in [4.69, 9.17) is 4.74 Å². The number of ether oxygens (including phenoxy) is 1. The van der Waals surface area contributed by atoms with Gasteiger partial charge < -0.3 is 4.74 Å². The molecule has 1 aromatic carbocycles. The molecule has 3 aromatic rings. The summed E-state index contributed by atoms with van der Waals surface area (Å²) in [6, 6.07) is 11.4. The second-order valence-corrected chi connectivity index (χ2v) is 4.40. The molecule has 0 amide bonds. The van der Waals surface area contributed by atoms with Gasteiger partial charge in [0.1, 0.15) is 5.75 Å². The Bertz CT molecular complexity index is 772. The third kappa shape index (κ3) is 2.97. The van der Waals surface area contributed by atoms with E-state index in [0.29, 0.717) is 0 Å². The maximum Gasteiger partial charge on any atom is 0.119 e. The molecule has 0 aliphatic heterocycles. The lowest BCUT2D eigenvalue weighted by Crippen LogP contribution is -1.93. The Hall–Kier alpha value is -2.95. The summed E-state index contributed by atoms with van der Waals surface area (Å²) in [6.45, 7) is 0. The Morgan fingerprint density at radius 2 is 2.14 bits per heavy atom.